The number of aryl methyl sites for hydroxylation is 1. The molecule has 0 heterocycles. The van der Waals surface area contributed by atoms with Crippen molar-refractivity contribution >= 4 is 0 Å². The summed E-state index contributed by atoms with van der Waals surface area (Å²) in [6.07, 6.45) is 0.319. The molecule has 0 amide bonds. The number of aliphatic hydroxyl groups is 1. The van der Waals surface area contributed by atoms with Crippen LogP contribution >= 0.6 is 0 Å². The molecule has 0 bridgehead atoms. The summed E-state index contributed by atoms with van der Waals surface area (Å²) in [5, 5.41) is 9.48. The molecule has 0 unspecified atom stereocenters. The Kier molecular flexibility index (Phi) is 1.67. The maximum absolute atomic E-state index is 9.48. The average Bonchev–Trinajstić information content (AvgIpc) is 2.28. The monoisotopic (exact) mass is 163 g/mol. The third-order valence-electron chi connectivity index (χ3n) is 2.50. The minimum absolute atomic E-state index is 0.180. The molecule has 0 fully saturated rings. The molecular weight excluding hydrogens is 150 g/mol. The maximum atomic E-state index is 9.48. The smallest absolute Gasteiger partial charge is 0.0773 e. The minimum Gasteiger partial charge on any atom is -0.391 e. The molecule has 2 atom stereocenters. The largest absolute Gasteiger partial charge is 0.391 e. The minimum atomic E-state index is -0.387. The van der Waals surface area contributed by atoms with Crippen LogP contribution in [-0.2, 0) is 6.42 Å². The van der Waals surface area contributed by atoms with E-state index in [-0.39, 0.29) is 12.1 Å². The van der Waals surface area contributed by atoms with Crippen LogP contribution in [0.4, 0.5) is 0 Å². The molecule has 2 heteroatoms. The highest BCUT2D eigenvalue weighted by molar-refractivity contribution is 5.38. The highest BCUT2D eigenvalue weighted by atomic mass is 16.3. The first-order valence-electron chi connectivity index (χ1n) is 4.21. The zero-order chi connectivity index (χ0) is 8.72. The van der Waals surface area contributed by atoms with Crippen LogP contribution < -0.4 is 5.73 Å². The molecule has 0 radical (unpaired) electrons. The molecule has 1 aliphatic rings. The second-order valence-electron chi connectivity index (χ2n) is 3.50. The van der Waals surface area contributed by atoms with Crippen molar-refractivity contribution in [1.82, 2.24) is 0 Å². The molecular formula is C10H13NO. The lowest BCUT2D eigenvalue weighted by Gasteiger charge is -2.08. The van der Waals surface area contributed by atoms with Crippen LogP contribution in [0.15, 0.2) is 18.2 Å². The van der Waals surface area contributed by atoms with E-state index < -0.39 is 0 Å². The molecule has 64 valence electrons. The van der Waals surface area contributed by atoms with Gasteiger partial charge in [0.2, 0.25) is 0 Å². The van der Waals surface area contributed by atoms with E-state index in [4.69, 9.17) is 5.73 Å². The maximum Gasteiger partial charge on any atom is 0.0773 e. The Hall–Kier alpha value is -0.860. The Bertz CT molecular complexity index is 309. The Labute approximate surface area is 72.0 Å². The van der Waals surface area contributed by atoms with Crippen LogP contribution in [-0.4, -0.2) is 11.2 Å². The zero-order valence-electron chi connectivity index (χ0n) is 7.12. The molecule has 2 rings (SSSR count). The molecule has 0 spiro atoms. The number of rotatable bonds is 0. The topological polar surface area (TPSA) is 46.2 Å². The van der Waals surface area contributed by atoms with Crippen LogP contribution in [0.5, 0.6) is 0 Å². The lowest BCUT2D eigenvalue weighted by atomic mass is 10.1. The molecule has 1 aromatic rings. The third-order valence-corrected chi connectivity index (χ3v) is 2.50. The van der Waals surface area contributed by atoms with Crippen molar-refractivity contribution in [2.24, 2.45) is 5.73 Å². The van der Waals surface area contributed by atoms with Crippen LogP contribution in [0.2, 0.25) is 0 Å². The summed E-state index contributed by atoms with van der Waals surface area (Å²) in [5.74, 6) is 0. The van der Waals surface area contributed by atoms with Gasteiger partial charge in [0, 0.05) is 6.42 Å². The molecule has 12 heavy (non-hydrogen) atoms. The molecule has 0 saturated heterocycles. The number of benzene rings is 1. The van der Waals surface area contributed by atoms with Gasteiger partial charge >= 0.3 is 0 Å². The van der Waals surface area contributed by atoms with Gasteiger partial charge in [-0.15, -0.1) is 0 Å². The van der Waals surface area contributed by atoms with Crippen LogP contribution in [0.3, 0.4) is 0 Å². The van der Waals surface area contributed by atoms with Gasteiger partial charge in [0.25, 0.3) is 0 Å². The molecule has 2 nitrogen and oxygen atoms in total. The fourth-order valence-corrected chi connectivity index (χ4v) is 1.80. The molecule has 0 aliphatic heterocycles. The molecule has 0 saturated carbocycles. The van der Waals surface area contributed by atoms with Gasteiger partial charge in [-0.3, -0.25) is 0 Å². The SMILES string of the molecule is Cc1ccc2c(c1)C[C@@H](O)[C@H]2N. The van der Waals surface area contributed by atoms with E-state index in [1.54, 1.807) is 0 Å². The molecule has 3 N–H and O–H groups in total. The first-order valence-corrected chi connectivity index (χ1v) is 4.21. The van der Waals surface area contributed by atoms with Gasteiger partial charge in [-0.25, -0.2) is 0 Å². The van der Waals surface area contributed by atoms with Crippen molar-refractivity contribution in [2.75, 3.05) is 0 Å². The number of nitrogens with two attached hydrogens (primary N) is 1. The van der Waals surface area contributed by atoms with E-state index >= 15 is 0 Å². The van der Waals surface area contributed by atoms with Gasteiger partial charge in [0.1, 0.15) is 0 Å². The molecule has 1 aromatic carbocycles. The van der Waals surface area contributed by atoms with Gasteiger partial charge in [-0.1, -0.05) is 23.8 Å². The van der Waals surface area contributed by atoms with E-state index in [2.05, 4.69) is 13.0 Å². The predicted octanol–water partition coefficient (Wildman–Crippen LogP) is 0.912. The number of aliphatic hydroxyl groups excluding tert-OH is 1. The van der Waals surface area contributed by atoms with Crippen LogP contribution in [0.25, 0.3) is 0 Å². The normalized spacial score (nSPS) is 27.2. The van der Waals surface area contributed by atoms with Gasteiger partial charge in [-0.2, -0.15) is 0 Å². The van der Waals surface area contributed by atoms with E-state index in [9.17, 15) is 5.11 Å². The van der Waals surface area contributed by atoms with Crippen molar-refractivity contribution in [1.29, 1.82) is 0 Å². The molecule has 1 aliphatic carbocycles. The highest BCUT2D eigenvalue weighted by Crippen LogP contribution is 2.29. The van der Waals surface area contributed by atoms with Crippen molar-refractivity contribution in [3.8, 4) is 0 Å². The van der Waals surface area contributed by atoms with Crippen molar-refractivity contribution < 1.29 is 5.11 Å². The van der Waals surface area contributed by atoms with Crippen LogP contribution in [0, 0.1) is 6.92 Å². The van der Waals surface area contributed by atoms with E-state index in [1.165, 1.54) is 11.1 Å². The summed E-state index contributed by atoms with van der Waals surface area (Å²) in [4.78, 5) is 0. The predicted molar refractivity (Wildman–Crippen MR) is 47.8 cm³/mol. The number of hydrogen-bond donors (Lipinski definition) is 2. The summed E-state index contributed by atoms with van der Waals surface area (Å²) in [6.45, 7) is 2.05. The Morgan fingerprint density at radius 1 is 1.50 bits per heavy atom. The first kappa shape index (κ1) is 7.77. The van der Waals surface area contributed by atoms with Crippen LogP contribution in [0.1, 0.15) is 22.7 Å². The van der Waals surface area contributed by atoms with E-state index in [0.29, 0.717) is 6.42 Å². The fourth-order valence-electron chi connectivity index (χ4n) is 1.80. The average molecular weight is 163 g/mol. The first-order chi connectivity index (χ1) is 5.68. The highest BCUT2D eigenvalue weighted by Gasteiger charge is 2.27. The Morgan fingerprint density at radius 3 is 3.00 bits per heavy atom. The quantitative estimate of drug-likeness (QED) is 0.597. The lowest BCUT2D eigenvalue weighted by Crippen LogP contribution is -2.21. The van der Waals surface area contributed by atoms with Crippen molar-refractivity contribution in [3.63, 3.8) is 0 Å². The van der Waals surface area contributed by atoms with E-state index in [1.807, 2.05) is 12.1 Å². The summed E-state index contributed by atoms with van der Waals surface area (Å²) < 4.78 is 0. The lowest BCUT2D eigenvalue weighted by molar-refractivity contribution is 0.158. The van der Waals surface area contributed by atoms with Crippen molar-refractivity contribution in [2.45, 2.75) is 25.5 Å². The third kappa shape index (κ3) is 1.04. The van der Waals surface area contributed by atoms with Gasteiger partial charge in [0.05, 0.1) is 12.1 Å². The summed E-state index contributed by atoms with van der Waals surface area (Å²) in [6, 6.07) is 5.98. The summed E-state index contributed by atoms with van der Waals surface area (Å²) in [5.41, 5.74) is 9.33. The Morgan fingerprint density at radius 2 is 2.25 bits per heavy atom. The summed E-state index contributed by atoms with van der Waals surface area (Å²) in [7, 11) is 0. The van der Waals surface area contributed by atoms with Crippen molar-refractivity contribution in [3.05, 3.63) is 34.9 Å². The van der Waals surface area contributed by atoms with Gasteiger partial charge < -0.3 is 10.8 Å². The van der Waals surface area contributed by atoms with Gasteiger partial charge in [0.15, 0.2) is 0 Å². The Balaban J connectivity index is 2.47. The number of fused-ring (bicyclic) bond motifs is 1. The molecule has 0 aromatic heterocycles. The number of hydrogen-bond acceptors (Lipinski definition) is 2. The second-order valence-corrected chi connectivity index (χ2v) is 3.50. The second kappa shape index (κ2) is 2.57. The fraction of sp³-hybridized carbons (Fsp3) is 0.400. The zero-order valence-corrected chi connectivity index (χ0v) is 7.12. The van der Waals surface area contributed by atoms with Gasteiger partial charge in [-0.05, 0) is 18.1 Å². The van der Waals surface area contributed by atoms with E-state index in [0.717, 1.165) is 5.56 Å². The standard InChI is InChI=1S/C10H13NO/c1-6-2-3-8-7(4-6)5-9(12)10(8)11/h2-4,9-10,12H,5,11H2,1H3/t9-,10+/m1/s1. The summed E-state index contributed by atoms with van der Waals surface area (Å²) >= 11 is 0.